The molecular weight excluding hydrogens is 198 g/mol. The summed E-state index contributed by atoms with van der Waals surface area (Å²) in [7, 11) is 0. The van der Waals surface area contributed by atoms with Crippen molar-refractivity contribution in [3.63, 3.8) is 0 Å². The molecule has 0 unspecified atom stereocenters. The summed E-state index contributed by atoms with van der Waals surface area (Å²) in [5, 5.41) is 2.80. The third-order valence-corrected chi connectivity index (χ3v) is 3.93. The van der Waals surface area contributed by atoms with E-state index in [0.29, 0.717) is 10.2 Å². The van der Waals surface area contributed by atoms with Crippen LogP contribution in [-0.2, 0) is 9.59 Å². The molecule has 1 heterocycles. The van der Waals surface area contributed by atoms with Crippen LogP contribution in [-0.4, -0.2) is 17.1 Å². The number of hydrogen-bond donors (Lipinski definition) is 1. The fourth-order valence-electron chi connectivity index (χ4n) is 1.84. The van der Waals surface area contributed by atoms with Crippen LogP contribution in [0.5, 0.6) is 0 Å². The van der Waals surface area contributed by atoms with Crippen molar-refractivity contribution in [3.05, 3.63) is 11.0 Å². The summed E-state index contributed by atoms with van der Waals surface area (Å²) < 4.78 is 0. The number of amides is 2. The van der Waals surface area contributed by atoms with Gasteiger partial charge in [0.1, 0.15) is 0 Å². The van der Waals surface area contributed by atoms with E-state index < -0.39 is 0 Å². The molecule has 0 radical (unpaired) electrons. The second kappa shape index (κ2) is 4.17. The molecule has 2 aliphatic rings. The smallest absolute Gasteiger partial charge is 0.264 e. The van der Waals surface area contributed by atoms with Crippen molar-refractivity contribution in [2.75, 3.05) is 0 Å². The number of hydrogen-bond acceptors (Lipinski definition) is 3. The van der Waals surface area contributed by atoms with Crippen molar-refractivity contribution >= 4 is 23.6 Å². The lowest BCUT2D eigenvalue weighted by atomic mass is 10.0. The van der Waals surface area contributed by atoms with Gasteiger partial charge in [-0.3, -0.25) is 14.9 Å². The third kappa shape index (κ3) is 2.18. The Morgan fingerprint density at radius 1 is 1.21 bits per heavy atom. The van der Waals surface area contributed by atoms with Crippen molar-refractivity contribution in [3.8, 4) is 0 Å². The quantitative estimate of drug-likeness (QED) is 0.706. The number of thioether (sulfide) groups is 1. The topological polar surface area (TPSA) is 46.2 Å². The highest BCUT2D eigenvalue weighted by atomic mass is 32.2. The average Bonchev–Trinajstić information content (AvgIpc) is 2.47. The molecule has 14 heavy (non-hydrogen) atoms. The van der Waals surface area contributed by atoms with Gasteiger partial charge in [-0.2, -0.15) is 0 Å². The third-order valence-electron chi connectivity index (χ3n) is 2.57. The first-order chi connectivity index (χ1) is 6.75. The van der Waals surface area contributed by atoms with Crippen LogP contribution in [0.1, 0.15) is 32.1 Å². The highest BCUT2D eigenvalue weighted by Crippen LogP contribution is 2.33. The number of carbonyl (C=O) groups is 2. The monoisotopic (exact) mass is 211 g/mol. The SMILES string of the molecule is O=C1C=C(SC2CCCCC2)C(=O)N1. The van der Waals surface area contributed by atoms with Crippen LogP contribution >= 0.6 is 11.8 Å². The van der Waals surface area contributed by atoms with Gasteiger partial charge in [0, 0.05) is 11.3 Å². The minimum Gasteiger partial charge on any atom is -0.288 e. The predicted molar refractivity (Wildman–Crippen MR) is 55.7 cm³/mol. The summed E-state index contributed by atoms with van der Waals surface area (Å²) >= 11 is 1.57. The summed E-state index contributed by atoms with van der Waals surface area (Å²) in [5.41, 5.74) is 0. The Bertz CT molecular complexity index is 292. The van der Waals surface area contributed by atoms with E-state index in [0.717, 1.165) is 0 Å². The van der Waals surface area contributed by atoms with Crippen molar-refractivity contribution in [1.29, 1.82) is 0 Å². The van der Waals surface area contributed by atoms with Crippen molar-refractivity contribution < 1.29 is 9.59 Å². The second-order valence-corrected chi connectivity index (χ2v) is 5.05. The highest BCUT2D eigenvalue weighted by molar-refractivity contribution is 8.04. The Morgan fingerprint density at radius 2 is 1.93 bits per heavy atom. The molecule has 1 N–H and O–H groups in total. The molecule has 4 heteroatoms. The lowest BCUT2D eigenvalue weighted by Crippen LogP contribution is -2.22. The molecule has 76 valence electrons. The van der Waals surface area contributed by atoms with E-state index in [9.17, 15) is 9.59 Å². The summed E-state index contributed by atoms with van der Waals surface area (Å²) in [6.45, 7) is 0. The molecule has 2 rings (SSSR count). The first-order valence-electron chi connectivity index (χ1n) is 4.99. The lowest BCUT2D eigenvalue weighted by Gasteiger charge is -2.20. The average molecular weight is 211 g/mol. The number of nitrogens with one attached hydrogen (secondary N) is 1. The zero-order valence-electron chi connectivity index (χ0n) is 7.91. The summed E-state index contributed by atoms with van der Waals surface area (Å²) in [6.07, 6.45) is 7.57. The maximum Gasteiger partial charge on any atom is 0.264 e. The van der Waals surface area contributed by atoms with Crippen LogP contribution < -0.4 is 5.32 Å². The summed E-state index contributed by atoms with van der Waals surface area (Å²) in [4.78, 5) is 22.7. The molecule has 1 aliphatic heterocycles. The molecule has 0 saturated heterocycles. The van der Waals surface area contributed by atoms with E-state index in [1.54, 1.807) is 11.8 Å². The first-order valence-corrected chi connectivity index (χ1v) is 5.87. The molecule has 0 aromatic carbocycles. The van der Waals surface area contributed by atoms with Gasteiger partial charge in [-0.05, 0) is 12.8 Å². The Labute approximate surface area is 87.3 Å². The first kappa shape index (κ1) is 9.77. The molecule has 0 aromatic heterocycles. The molecule has 0 atom stereocenters. The van der Waals surface area contributed by atoms with Crippen LogP contribution in [0.3, 0.4) is 0 Å². The molecule has 2 amide bonds. The van der Waals surface area contributed by atoms with Crippen LogP contribution in [0, 0.1) is 0 Å². The summed E-state index contributed by atoms with van der Waals surface area (Å²) in [6, 6.07) is 0. The van der Waals surface area contributed by atoms with E-state index in [2.05, 4.69) is 5.32 Å². The van der Waals surface area contributed by atoms with Gasteiger partial charge < -0.3 is 0 Å². The fourth-order valence-corrected chi connectivity index (χ4v) is 3.11. The molecule has 0 spiro atoms. The summed E-state index contributed by atoms with van der Waals surface area (Å²) in [5.74, 6) is -0.487. The van der Waals surface area contributed by atoms with Crippen molar-refractivity contribution in [2.24, 2.45) is 0 Å². The maximum atomic E-state index is 11.2. The Balaban J connectivity index is 1.93. The molecule has 0 aromatic rings. The van der Waals surface area contributed by atoms with E-state index in [-0.39, 0.29) is 11.8 Å². The van der Waals surface area contributed by atoms with E-state index in [1.807, 2.05) is 0 Å². The normalized spacial score (nSPS) is 23.6. The Morgan fingerprint density at radius 3 is 2.50 bits per heavy atom. The number of imide groups is 1. The van der Waals surface area contributed by atoms with Gasteiger partial charge in [-0.15, -0.1) is 11.8 Å². The molecular formula is C10H13NO2S. The van der Waals surface area contributed by atoms with Crippen LogP contribution in [0.2, 0.25) is 0 Å². The van der Waals surface area contributed by atoms with Gasteiger partial charge in [0.15, 0.2) is 0 Å². The fraction of sp³-hybridized carbons (Fsp3) is 0.600. The van der Waals surface area contributed by atoms with Gasteiger partial charge in [0.05, 0.1) is 4.91 Å². The highest BCUT2D eigenvalue weighted by Gasteiger charge is 2.25. The molecule has 0 bridgehead atoms. The van der Waals surface area contributed by atoms with E-state index in [1.165, 1.54) is 38.2 Å². The molecule has 1 aliphatic carbocycles. The van der Waals surface area contributed by atoms with Gasteiger partial charge in [0.25, 0.3) is 11.8 Å². The standard InChI is InChI=1S/C10H13NO2S/c12-9-6-8(10(13)11-9)14-7-4-2-1-3-5-7/h6-7H,1-5H2,(H,11,12,13). The van der Waals surface area contributed by atoms with Gasteiger partial charge in [-0.1, -0.05) is 19.3 Å². The largest absolute Gasteiger partial charge is 0.288 e. The lowest BCUT2D eigenvalue weighted by molar-refractivity contribution is -0.123. The van der Waals surface area contributed by atoms with Gasteiger partial charge >= 0.3 is 0 Å². The van der Waals surface area contributed by atoms with E-state index in [4.69, 9.17) is 0 Å². The molecule has 1 fully saturated rings. The Hall–Kier alpha value is -0.770. The van der Waals surface area contributed by atoms with E-state index >= 15 is 0 Å². The minimum absolute atomic E-state index is 0.217. The maximum absolute atomic E-state index is 11.2. The zero-order chi connectivity index (χ0) is 9.97. The number of carbonyl (C=O) groups excluding carboxylic acids is 2. The van der Waals surface area contributed by atoms with Gasteiger partial charge in [-0.25, -0.2) is 0 Å². The van der Waals surface area contributed by atoms with Crippen LogP contribution in [0.4, 0.5) is 0 Å². The van der Waals surface area contributed by atoms with Crippen molar-refractivity contribution in [2.45, 2.75) is 37.4 Å². The van der Waals surface area contributed by atoms with Gasteiger partial charge in [0.2, 0.25) is 0 Å². The molecule has 3 nitrogen and oxygen atoms in total. The predicted octanol–water partition coefficient (Wildman–Crippen LogP) is 1.59. The zero-order valence-corrected chi connectivity index (χ0v) is 8.73. The Kier molecular flexibility index (Phi) is 2.91. The second-order valence-electron chi connectivity index (χ2n) is 3.70. The number of rotatable bonds is 2. The van der Waals surface area contributed by atoms with Crippen molar-refractivity contribution in [1.82, 2.24) is 5.32 Å². The van der Waals surface area contributed by atoms with Crippen LogP contribution in [0.25, 0.3) is 0 Å². The molecule has 1 saturated carbocycles. The minimum atomic E-state index is -0.270. The van der Waals surface area contributed by atoms with Crippen LogP contribution in [0.15, 0.2) is 11.0 Å².